The molecule has 0 N–H and O–H groups in total. The summed E-state index contributed by atoms with van der Waals surface area (Å²) in [4.78, 5) is 0. The van der Waals surface area contributed by atoms with Gasteiger partial charge in [0, 0.05) is 10.2 Å². The Bertz CT molecular complexity index is 117. The Morgan fingerprint density at radius 1 is 1.27 bits per heavy atom. The van der Waals surface area contributed by atoms with Crippen molar-refractivity contribution in [1.29, 1.82) is 0 Å². The monoisotopic (exact) mass is 167 g/mol. The van der Waals surface area contributed by atoms with Gasteiger partial charge in [-0.1, -0.05) is 33.8 Å². The lowest BCUT2D eigenvalue weighted by Gasteiger charge is -2.37. The van der Waals surface area contributed by atoms with Crippen molar-refractivity contribution in [3.63, 3.8) is 0 Å². The van der Waals surface area contributed by atoms with Gasteiger partial charge >= 0.3 is 0 Å². The lowest BCUT2D eigenvalue weighted by molar-refractivity contribution is 0.315. The van der Waals surface area contributed by atoms with Gasteiger partial charge in [-0.15, -0.1) is 6.58 Å². The second kappa shape index (κ2) is 4.10. The van der Waals surface area contributed by atoms with E-state index in [1.54, 1.807) is 0 Å². The van der Waals surface area contributed by atoms with Crippen LogP contribution in [0.2, 0.25) is 5.04 Å². The smallest absolute Gasteiger partial charge is 0.0324 e. The normalized spacial score (nSPS) is 12.6. The van der Waals surface area contributed by atoms with Crippen LogP contribution < -0.4 is 0 Å². The summed E-state index contributed by atoms with van der Waals surface area (Å²) in [5.41, 5.74) is 0. The van der Waals surface area contributed by atoms with Crippen molar-refractivity contribution in [3.8, 4) is 0 Å². The first-order chi connectivity index (χ1) is 4.95. The highest BCUT2D eigenvalue weighted by atomic mass is 28.1. The molecule has 0 rings (SSSR count). The molecule has 0 saturated carbocycles. The minimum atomic E-state index is 0.238. The summed E-state index contributed by atoms with van der Waals surface area (Å²) in [6.07, 6.45) is 3.03. The first-order valence-electron chi connectivity index (χ1n) is 4.31. The number of rotatable bonds is 4. The van der Waals surface area contributed by atoms with Crippen molar-refractivity contribution in [2.24, 2.45) is 11.8 Å². The quantitative estimate of drug-likeness (QED) is 0.445. The summed E-state index contributed by atoms with van der Waals surface area (Å²) in [5.74, 6) is 1.30. The first kappa shape index (κ1) is 11.0. The topological polar surface area (TPSA) is 0 Å². The van der Waals surface area contributed by atoms with Gasteiger partial charge in [-0.25, -0.2) is 0 Å². The van der Waals surface area contributed by atoms with Crippen LogP contribution in [0.4, 0.5) is 0 Å². The van der Waals surface area contributed by atoms with E-state index in [0.29, 0.717) is 11.8 Å². The standard InChI is InChI=1S/C10H19Si/c1-6-7-10(11,8(2)3)9(4)5/h6,8-9H,1,7H2,2-5H3. The molecule has 0 aromatic rings. The fourth-order valence-corrected chi connectivity index (χ4v) is 1.52. The van der Waals surface area contributed by atoms with Crippen LogP contribution in [-0.2, 0) is 0 Å². The third-order valence-corrected chi connectivity index (χ3v) is 3.90. The molecule has 0 nitrogen and oxygen atoms in total. The molecule has 0 atom stereocenters. The Morgan fingerprint density at radius 3 is 1.73 bits per heavy atom. The molecule has 0 bridgehead atoms. The molecular weight excluding hydrogens is 148 g/mol. The molecule has 0 saturated heterocycles. The van der Waals surface area contributed by atoms with Gasteiger partial charge in [0.25, 0.3) is 0 Å². The molecule has 63 valence electrons. The van der Waals surface area contributed by atoms with Crippen LogP contribution >= 0.6 is 0 Å². The van der Waals surface area contributed by atoms with Crippen molar-refractivity contribution >= 4 is 10.2 Å². The summed E-state index contributed by atoms with van der Waals surface area (Å²) < 4.78 is 0. The Hall–Kier alpha value is -0.0431. The largest absolute Gasteiger partial charge is 0.103 e. The van der Waals surface area contributed by atoms with Gasteiger partial charge in [0.05, 0.1) is 0 Å². The summed E-state index contributed by atoms with van der Waals surface area (Å²) in [6.45, 7) is 12.8. The fourth-order valence-electron chi connectivity index (χ4n) is 1.38. The molecule has 0 unspecified atom stereocenters. The maximum atomic E-state index is 3.86. The van der Waals surface area contributed by atoms with Crippen molar-refractivity contribution in [2.45, 2.75) is 39.2 Å². The molecule has 0 aliphatic rings. The second-order valence-electron chi connectivity index (χ2n) is 3.84. The van der Waals surface area contributed by atoms with Crippen LogP contribution in [0.3, 0.4) is 0 Å². The second-order valence-corrected chi connectivity index (χ2v) is 4.77. The molecule has 0 aromatic carbocycles. The van der Waals surface area contributed by atoms with E-state index in [-0.39, 0.29) is 5.04 Å². The van der Waals surface area contributed by atoms with Gasteiger partial charge in [-0.2, -0.15) is 0 Å². The van der Waals surface area contributed by atoms with E-state index in [1.165, 1.54) is 0 Å². The van der Waals surface area contributed by atoms with Crippen LogP contribution in [-0.4, -0.2) is 10.2 Å². The highest BCUT2D eigenvalue weighted by Gasteiger charge is 2.30. The number of hydrogen-bond acceptors (Lipinski definition) is 0. The molecule has 0 aromatic heterocycles. The SMILES string of the molecule is C=CCC([Si])(C(C)C)C(C)C. The average Bonchev–Trinajstić information content (AvgIpc) is 1.87. The van der Waals surface area contributed by atoms with Crippen molar-refractivity contribution < 1.29 is 0 Å². The van der Waals surface area contributed by atoms with Gasteiger partial charge in [-0.3, -0.25) is 0 Å². The molecule has 1 heteroatoms. The summed E-state index contributed by atoms with van der Waals surface area (Å²) >= 11 is 0. The molecular formula is C10H19Si. The Labute approximate surface area is 74.5 Å². The van der Waals surface area contributed by atoms with E-state index in [2.05, 4.69) is 44.5 Å². The maximum Gasteiger partial charge on any atom is 0.0324 e. The van der Waals surface area contributed by atoms with Crippen molar-refractivity contribution in [3.05, 3.63) is 12.7 Å². The van der Waals surface area contributed by atoms with E-state index in [1.807, 2.05) is 6.08 Å². The zero-order valence-corrected chi connectivity index (χ0v) is 9.15. The van der Waals surface area contributed by atoms with E-state index in [4.69, 9.17) is 0 Å². The predicted molar refractivity (Wildman–Crippen MR) is 52.9 cm³/mol. The van der Waals surface area contributed by atoms with Gasteiger partial charge in [0.15, 0.2) is 0 Å². The third-order valence-electron chi connectivity index (χ3n) is 2.54. The highest BCUT2D eigenvalue weighted by Crippen LogP contribution is 2.43. The van der Waals surface area contributed by atoms with Crippen LogP contribution in [0.5, 0.6) is 0 Å². The van der Waals surface area contributed by atoms with Gasteiger partial charge in [0.1, 0.15) is 0 Å². The average molecular weight is 167 g/mol. The maximum absolute atomic E-state index is 3.86. The molecule has 0 heterocycles. The first-order valence-corrected chi connectivity index (χ1v) is 4.81. The van der Waals surface area contributed by atoms with Crippen LogP contribution in [0.1, 0.15) is 34.1 Å². The Morgan fingerprint density at radius 2 is 1.64 bits per heavy atom. The van der Waals surface area contributed by atoms with E-state index in [9.17, 15) is 0 Å². The highest BCUT2D eigenvalue weighted by molar-refractivity contribution is 6.15. The lowest BCUT2D eigenvalue weighted by Crippen LogP contribution is -2.25. The lowest BCUT2D eigenvalue weighted by atomic mass is 9.81. The minimum Gasteiger partial charge on any atom is -0.103 e. The zero-order valence-electron chi connectivity index (χ0n) is 8.15. The molecule has 0 fully saturated rings. The molecule has 11 heavy (non-hydrogen) atoms. The van der Waals surface area contributed by atoms with Gasteiger partial charge in [0.2, 0.25) is 0 Å². The Kier molecular flexibility index (Phi) is 4.08. The Balaban J connectivity index is 4.37. The predicted octanol–water partition coefficient (Wildman–Crippen LogP) is 3.20. The number of allylic oxidation sites excluding steroid dienone is 1. The van der Waals surface area contributed by atoms with Crippen molar-refractivity contribution in [2.75, 3.05) is 0 Å². The molecule has 0 spiro atoms. The summed E-state index contributed by atoms with van der Waals surface area (Å²) in [7, 11) is 3.86. The minimum absolute atomic E-state index is 0.238. The molecule has 0 aliphatic heterocycles. The summed E-state index contributed by atoms with van der Waals surface area (Å²) in [6, 6.07) is 0. The van der Waals surface area contributed by atoms with Gasteiger partial charge < -0.3 is 0 Å². The third kappa shape index (κ3) is 2.48. The summed E-state index contributed by atoms with van der Waals surface area (Å²) in [5, 5.41) is 0.238. The van der Waals surface area contributed by atoms with E-state index >= 15 is 0 Å². The number of hydrogen-bond donors (Lipinski definition) is 0. The zero-order chi connectivity index (χ0) is 9.07. The van der Waals surface area contributed by atoms with Crippen molar-refractivity contribution in [1.82, 2.24) is 0 Å². The van der Waals surface area contributed by atoms with Crippen LogP contribution in [0.25, 0.3) is 0 Å². The fraction of sp³-hybridized carbons (Fsp3) is 0.800. The van der Waals surface area contributed by atoms with E-state index < -0.39 is 0 Å². The van der Waals surface area contributed by atoms with Crippen LogP contribution in [0, 0.1) is 11.8 Å². The van der Waals surface area contributed by atoms with E-state index in [0.717, 1.165) is 6.42 Å². The molecule has 0 aliphatic carbocycles. The van der Waals surface area contributed by atoms with Gasteiger partial charge in [-0.05, 0) is 23.3 Å². The van der Waals surface area contributed by atoms with Crippen LogP contribution in [0.15, 0.2) is 12.7 Å². The molecule has 0 amide bonds. The molecule has 3 radical (unpaired) electrons.